The van der Waals surface area contributed by atoms with Crippen LogP contribution in [0.3, 0.4) is 0 Å². The Morgan fingerprint density at radius 3 is 1.90 bits per heavy atom. The van der Waals surface area contributed by atoms with Crippen molar-refractivity contribution in [2.45, 2.75) is 43.6 Å². The van der Waals surface area contributed by atoms with E-state index in [9.17, 15) is 49.1 Å². The molecule has 0 fully saturated rings. The number of likely N-dealkylation sites (N-methyl/N-ethyl adjacent to an activating group) is 1. The molecular formula is C14H20F9N2O4+. The highest BCUT2D eigenvalue weighted by atomic mass is 19.4. The molecule has 0 aliphatic carbocycles. The highest BCUT2D eigenvalue weighted by molar-refractivity contribution is 5.81. The highest BCUT2D eigenvalue weighted by Gasteiger charge is 2.71. The number of ether oxygens (including phenoxy) is 1. The minimum atomic E-state index is -6.28. The van der Waals surface area contributed by atoms with Crippen molar-refractivity contribution in [3.8, 4) is 0 Å². The number of rotatable bonds is 10. The van der Waals surface area contributed by atoms with E-state index in [0.717, 1.165) is 0 Å². The molecule has 0 heterocycles. The number of hydrogen-bond donors (Lipinski definition) is 2. The Morgan fingerprint density at radius 2 is 1.52 bits per heavy atom. The van der Waals surface area contributed by atoms with Gasteiger partial charge in [-0.2, -0.15) is 35.1 Å². The lowest BCUT2D eigenvalue weighted by Crippen LogP contribution is -2.59. The van der Waals surface area contributed by atoms with Gasteiger partial charge < -0.3 is 14.9 Å². The maximum atomic E-state index is 13.4. The Morgan fingerprint density at radius 1 is 1.03 bits per heavy atom. The van der Waals surface area contributed by atoms with Gasteiger partial charge in [-0.1, -0.05) is 0 Å². The molecule has 172 valence electrons. The normalized spacial score (nSPS) is 16.8. The quantitative estimate of drug-likeness (QED) is 0.304. The molecule has 2 unspecified atom stereocenters. The minimum absolute atomic E-state index is 0.0386. The first kappa shape index (κ1) is 27.2. The molecule has 0 aromatic heterocycles. The van der Waals surface area contributed by atoms with Crippen LogP contribution >= 0.6 is 0 Å². The van der Waals surface area contributed by atoms with E-state index in [1.807, 2.05) is 0 Å². The van der Waals surface area contributed by atoms with Crippen molar-refractivity contribution in [1.29, 1.82) is 0 Å². The van der Waals surface area contributed by atoms with E-state index in [-0.39, 0.29) is 24.0 Å². The molecule has 0 radical (unpaired) electrons. The number of carbonyl (C=O) groups excluding carboxylic acids is 1. The summed E-state index contributed by atoms with van der Waals surface area (Å²) in [5.74, 6) is -3.43. The number of amides is 1. The molecule has 0 aliphatic rings. The van der Waals surface area contributed by atoms with Gasteiger partial charge in [0.2, 0.25) is 6.10 Å². The largest absolute Gasteiger partial charge is 0.477 e. The zero-order valence-corrected chi connectivity index (χ0v) is 15.4. The Balaban J connectivity index is 5.14. The fourth-order valence-electron chi connectivity index (χ4n) is 1.95. The molecule has 0 rings (SSSR count). The second-order valence-electron chi connectivity index (χ2n) is 6.91. The first-order valence-corrected chi connectivity index (χ1v) is 7.83. The van der Waals surface area contributed by atoms with Gasteiger partial charge in [0, 0.05) is 13.0 Å². The molecular weight excluding hydrogens is 431 g/mol. The average Bonchev–Trinajstić information content (AvgIpc) is 2.45. The van der Waals surface area contributed by atoms with Gasteiger partial charge in [0.15, 0.2) is 6.54 Å². The standard InChI is InChI=1S/C14H19F9N2O4/c1-11(15,13(19,20)21)14(22,23)29-9(12(16,17)18)10(28)24-5-4-6-25(2,3)7-8(26)27/h9H,4-7H2,1-3H3,(H-,24,26,27,28)/p+1. The van der Waals surface area contributed by atoms with E-state index < -0.39 is 55.6 Å². The van der Waals surface area contributed by atoms with Crippen LogP contribution in [0.4, 0.5) is 39.5 Å². The summed E-state index contributed by atoms with van der Waals surface area (Å²) < 4.78 is 119. The van der Waals surface area contributed by atoms with Crippen molar-refractivity contribution in [1.82, 2.24) is 5.32 Å². The SMILES string of the molecule is CC(F)(C(F)(F)F)C(F)(F)OC(C(=O)NCCC[N+](C)(C)CC(=O)O)C(F)(F)F. The smallest absolute Gasteiger partial charge is 0.430 e. The van der Waals surface area contributed by atoms with Crippen molar-refractivity contribution in [2.75, 3.05) is 33.7 Å². The maximum absolute atomic E-state index is 13.4. The molecule has 0 bridgehead atoms. The van der Waals surface area contributed by atoms with Crippen LogP contribution in [0, 0.1) is 0 Å². The monoisotopic (exact) mass is 451 g/mol. The van der Waals surface area contributed by atoms with Gasteiger partial charge in [-0.3, -0.25) is 9.53 Å². The van der Waals surface area contributed by atoms with Crippen molar-refractivity contribution >= 4 is 11.9 Å². The summed E-state index contributed by atoms with van der Waals surface area (Å²) in [6.07, 6.45) is -22.3. The maximum Gasteiger partial charge on any atom is 0.430 e. The zero-order chi connectivity index (χ0) is 23.5. The summed E-state index contributed by atoms with van der Waals surface area (Å²) in [4.78, 5) is 22.2. The predicted molar refractivity (Wildman–Crippen MR) is 78.5 cm³/mol. The molecule has 29 heavy (non-hydrogen) atoms. The Labute approximate surface area is 159 Å². The molecule has 6 nitrogen and oxygen atoms in total. The van der Waals surface area contributed by atoms with Crippen LogP contribution in [-0.4, -0.2) is 85.4 Å². The molecule has 2 atom stereocenters. The minimum Gasteiger partial charge on any atom is -0.477 e. The average molecular weight is 451 g/mol. The van der Waals surface area contributed by atoms with Gasteiger partial charge in [0.05, 0.1) is 20.6 Å². The number of nitrogens with zero attached hydrogens (tertiary/aromatic N) is 1. The fraction of sp³-hybridized carbons (Fsp3) is 0.857. The number of nitrogens with one attached hydrogen (secondary N) is 1. The Hall–Kier alpha value is -1.77. The number of aliphatic carboxylic acids is 1. The van der Waals surface area contributed by atoms with Gasteiger partial charge in [-0.05, 0) is 6.92 Å². The molecule has 0 aliphatic heterocycles. The third-order valence-corrected chi connectivity index (χ3v) is 3.68. The van der Waals surface area contributed by atoms with E-state index in [0.29, 0.717) is 0 Å². The fourth-order valence-corrected chi connectivity index (χ4v) is 1.95. The van der Waals surface area contributed by atoms with Gasteiger partial charge in [0.25, 0.3) is 11.6 Å². The summed E-state index contributed by atoms with van der Waals surface area (Å²) in [7, 11) is 2.91. The molecule has 1 amide bonds. The first-order valence-electron chi connectivity index (χ1n) is 7.83. The number of hydrogen-bond acceptors (Lipinski definition) is 3. The number of quaternary nitrogens is 1. The lowest BCUT2D eigenvalue weighted by atomic mass is 10.1. The summed E-state index contributed by atoms with van der Waals surface area (Å²) in [5.41, 5.74) is -5.50. The lowest BCUT2D eigenvalue weighted by molar-refractivity contribution is -0.883. The highest BCUT2D eigenvalue weighted by Crippen LogP contribution is 2.47. The second-order valence-corrected chi connectivity index (χ2v) is 6.91. The number of carboxylic acid groups (broad SMARTS) is 1. The van der Waals surface area contributed by atoms with Crippen molar-refractivity contribution in [3.05, 3.63) is 0 Å². The molecule has 0 aromatic rings. The summed E-state index contributed by atoms with van der Waals surface area (Å²) in [6.45, 7) is -1.60. The first-order chi connectivity index (χ1) is 12.6. The predicted octanol–water partition coefficient (Wildman–Crippen LogP) is 2.48. The van der Waals surface area contributed by atoms with Gasteiger partial charge in [-0.25, -0.2) is 9.18 Å². The van der Waals surface area contributed by atoms with Gasteiger partial charge in [-0.15, -0.1) is 0 Å². The van der Waals surface area contributed by atoms with Crippen LogP contribution in [0.25, 0.3) is 0 Å². The van der Waals surface area contributed by atoms with Crippen LogP contribution in [0.2, 0.25) is 0 Å². The number of halogens is 9. The third kappa shape index (κ3) is 7.87. The topological polar surface area (TPSA) is 75.6 Å². The molecule has 0 aromatic carbocycles. The van der Waals surface area contributed by atoms with Crippen LogP contribution in [0.15, 0.2) is 0 Å². The zero-order valence-electron chi connectivity index (χ0n) is 15.4. The molecule has 0 saturated heterocycles. The summed E-state index contributed by atoms with van der Waals surface area (Å²) in [5, 5.41) is 10.2. The number of carbonyl (C=O) groups is 2. The van der Waals surface area contributed by atoms with Crippen molar-refractivity contribution in [3.63, 3.8) is 0 Å². The van der Waals surface area contributed by atoms with Crippen LogP contribution in [0.1, 0.15) is 13.3 Å². The van der Waals surface area contributed by atoms with E-state index in [4.69, 9.17) is 5.11 Å². The summed E-state index contributed by atoms with van der Waals surface area (Å²) >= 11 is 0. The molecule has 0 saturated carbocycles. The van der Waals surface area contributed by atoms with E-state index in [1.54, 1.807) is 5.32 Å². The van der Waals surface area contributed by atoms with Gasteiger partial charge >= 0.3 is 24.4 Å². The van der Waals surface area contributed by atoms with E-state index in [1.165, 1.54) is 14.1 Å². The number of alkyl halides is 9. The van der Waals surface area contributed by atoms with E-state index in [2.05, 4.69) is 4.74 Å². The Bertz CT molecular complexity index is 589. The van der Waals surface area contributed by atoms with Crippen LogP contribution < -0.4 is 5.32 Å². The van der Waals surface area contributed by atoms with Gasteiger partial charge in [0.1, 0.15) is 0 Å². The van der Waals surface area contributed by atoms with E-state index >= 15 is 0 Å². The summed E-state index contributed by atoms with van der Waals surface area (Å²) in [6, 6.07) is 0. The third-order valence-electron chi connectivity index (χ3n) is 3.68. The molecule has 2 N–H and O–H groups in total. The Kier molecular flexibility index (Phi) is 8.39. The molecule has 15 heteroatoms. The molecule has 0 spiro atoms. The van der Waals surface area contributed by atoms with Crippen molar-refractivity contribution in [2.24, 2.45) is 0 Å². The lowest BCUT2D eigenvalue weighted by Gasteiger charge is -2.34. The van der Waals surface area contributed by atoms with Crippen molar-refractivity contribution < 1.29 is 63.4 Å². The number of carboxylic acids is 1. The van der Waals surface area contributed by atoms with Crippen LogP contribution in [0.5, 0.6) is 0 Å². The second kappa shape index (κ2) is 8.93. The van der Waals surface area contributed by atoms with Crippen LogP contribution in [-0.2, 0) is 14.3 Å².